The highest BCUT2D eigenvalue weighted by molar-refractivity contribution is 7.15. The molecule has 2 aromatic heterocycles. The average molecular weight is 432 g/mol. The fraction of sp³-hybridized carbons (Fsp3) is 0.0500. The number of hydrogen-bond donors (Lipinski definition) is 2. The minimum Gasteiger partial charge on any atom is -0.478 e. The van der Waals surface area contributed by atoms with E-state index in [9.17, 15) is 27.9 Å². The molecule has 0 spiro atoms. The number of oxazole rings is 1. The number of aromatic nitrogens is 1. The van der Waals surface area contributed by atoms with Crippen LogP contribution in [0.3, 0.4) is 0 Å². The van der Waals surface area contributed by atoms with Gasteiger partial charge in [-0.1, -0.05) is 18.2 Å². The number of amides is 1. The van der Waals surface area contributed by atoms with Gasteiger partial charge in [0.15, 0.2) is 23.0 Å². The zero-order chi connectivity index (χ0) is 21.6. The van der Waals surface area contributed by atoms with Gasteiger partial charge in [-0.15, -0.1) is 11.3 Å². The van der Waals surface area contributed by atoms with E-state index in [1.165, 1.54) is 36.6 Å². The Bertz CT molecular complexity index is 1330. The Morgan fingerprint density at radius 2 is 1.87 bits per heavy atom. The van der Waals surface area contributed by atoms with Crippen molar-refractivity contribution in [3.05, 3.63) is 70.2 Å². The van der Waals surface area contributed by atoms with E-state index in [2.05, 4.69) is 10.3 Å². The van der Waals surface area contributed by atoms with Crippen molar-refractivity contribution in [2.24, 2.45) is 0 Å². The van der Waals surface area contributed by atoms with Gasteiger partial charge in [-0.25, -0.2) is 22.9 Å². The standard InChI is InChI=1S/C20H11F3N2O4S/c1-8-5-6-9(15(23)14(8)22)10-7-30-19(13(10)20(27)28)25-17(26)18-24-16-11(21)3-2-4-12(16)29-18/h2-7H,1H3,(H,25,26)(H,27,28). The van der Waals surface area contributed by atoms with Crippen LogP contribution in [0.25, 0.3) is 22.2 Å². The number of nitrogens with zero attached hydrogens (tertiary/aromatic N) is 1. The molecule has 152 valence electrons. The average Bonchev–Trinajstić information content (AvgIpc) is 3.31. The van der Waals surface area contributed by atoms with Crippen LogP contribution in [-0.4, -0.2) is 22.0 Å². The molecule has 0 atom stereocenters. The van der Waals surface area contributed by atoms with Gasteiger partial charge in [0.25, 0.3) is 5.89 Å². The predicted molar refractivity (Wildman–Crippen MR) is 103 cm³/mol. The second-order valence-electron chi connectivity index (χ2n) is 6.28. The summed E-state index contributed by atoms with van der Waals surface area (Å²) in [4.78, 5) is 28.0. The monoisotopic (exact) mass is 432 g/mol. The SMILES string of the molecule is Cc1ccc(-c2csc(NC(=O)c3nc4c(F)cccc4o3)c2C(=O)O)c(F)c1F. The number of carbonyl (C=O) groups is 2. The quantitative estimate of drug-likeness (QED) is 0.461. The third-order valence-corrected chi connectivity index (χ3v) is 5.26. The Morgan fingerprint density at radius 1 is 1.10 bits per heavy atom. The van der Waals surface area contributed by atoms with Crippen LogP contribution in [0.2, 0.25) is 0 Å². The molecule has 0 fully saturated rings. The van der Waals surface area contributed by atoms with Gasteiger partial charge >= 0.3 is 11.9 Å². The van der Waals surface area contributed by atoms with Crippen molar-refractivity contribution in [2.75, 3.05) is 5.32 Å². The highest BCUT2D eigenvalue weighted by Gasteiger charge is 2.26. The van der Waals surface area contributed by atoms with Crippen molar-refractivity contribution < 1.29 is 32.3 Å². The van der Waals surface area contributed by atoms with Crippen molar-refractivity contribution in [1.82, 2.24) is 4.98 Å². The van der Waals surface area contributed by atoms with E-state index < -0.39 is 40.8 Å². The van der Waals surface area contributed by atoms with Gasteiger partial charge in [-0.3, -0.25) is 4.79 Å². The number of nitrogens with one attached hydrogen (secondary N) is 1. The maximum Gasteiger partial charge on any atom is 0.339 e. The Morgan fingerprint density at radius 3 is 2.57 bits per heavy atom. The molecule has 0 aliphatic carbocycles. The van der Waals surface area contributed by atoms with E-state index >= 15 is 0 Å². The van der Waals surface area contributed by atoms with Crippen LogP contribution in [0, 0.1) is 24.4 Å². The Hall–Kier alpha value is -3.66. The van der Waals surface area contributed by atoms with Crippen LogP contribution < -0.4 is 5.32 Å². The molecule has 0 saturated carbocycles. The number of fused-ring (bicyclic) bond motifs is 1. The van der Waals surface area contributed by atoms with Crippen molar-refractivity contribution >= 4 is 39.3 Å². The second kappa shape index (κ2) is 7.30. The number of halogens is 3. The van der Waals surface area contributed by atoms with E-state index in [0.29, 0.717) is 0 Å². The van der Waals surface area contributed by atoms with E-state index in [-0.39, 0.29) is 32.8 Å². The van der Waals surface area contributed by atoms with Gasteiger partial charge < -0.3 is 14.8 Å². The molecule has 10 heteroatoms. The lowest BCUT2D eigenvalue weighted by molar-refractivity contribution is 0.0699. The number of thiophene rings is 1. The second-order valence-corrected chi connectivity index (χ2v) is 7.16. The normalized spacial score (nSPS) is 11.1. The number of hydrogen-bond acceptors (Lipinski definition) is 5. The molecule has 0 bridgehead atoms. The van der Waals surface area contributed by atoms with Gasteiger partial charge in [-0.2, -0.15) is 0 Å². The van der Waals surface area contributed by atoms with Crippen LogP contribution in [0.5, 0.6) is 0 Å². The third-order valence-electron chi connectivity index (χ3n) is 4.36. The smallest absolute Gasteiger partial charge is 0.339 e. The molecule has 6 nitrogen and oxygen atoms in total. The van der Waals surface area contributed by atoms with Gasteiger partial charge in [0.1, 0.15) is 16.1 Å². The highest BCUT2D eigenvalue weighted by atomic mass is 32.1. The van der Waals surface area contributed by atoms with E-state index in [1.807, 2.05) is 0 Å². The molecule has 0 saturated heterocycles. The number of carboxylic acid groups (broad SMARTS) is 1. The number of rotatable bonds is 4. The summed E-state index contributed by atoms with van der Waals surface area (Å²) in [5.41, 5.74) is -0.801. The van der Waals surface area contributed by atoms with E-state index in [4.69, 9.17) is 4.42 Å². The third kappa shape index (κ3) is 3.20. The Labute approximate surface area is 170 Å². The van der Waals surface area contributed by atoms with E-state index in [1.54, 1.807) is 0 Å². The number of benzene rings is 2. The largest absolute Gasteiger partial charge is 0.478 e. The van der Waals surface area contributed by atoms with Crippen molar-refractivity contribution in [3.63, 3.8) is 0 Å². The van der Waals surface area contributed by atoms with Crippen LogP contribution >= 0.6 is 11.3 Å². The molecule has 2 heterocycles. The summed E-state index contributed by atoms with van der Waals surface area (Å²) in [6, 6.07) is 6.53. The fourth-order valence-electron chi connectivity index (χ4n) is 2.88. The summed E-state index contributed by atoms with van der Waals surface area (Å²) in [6.45, 7) is 1.38. The molecule has 2 aromatic carbocycles. The zero-order valence-corrected chi connectivity index (χ0v) is 15.9. The molecular weight excluding hydrogens is 421 g/mol. The van der Waals surface area contributed by atoms with Crippen LogP contribution in [0.1, 0.15) is 26.6 Å². The lowest BCUT2D eigenvalue weighted by Gasteiger charge is -2.07. The zero-order valence-electron chi connectivity index (χ0n) is 15.1. The first kappa shape index (κ1) is 19.6. The van der Waals surface area contributed by atoms with Crippen molar-refractivity contribution in [1.29, 1.82) is 0 Å². The van der Waals surface area contributed by atoms with Crippen LogP contribution in [0.15, 0.2) is 40.1 Å². The Kier molecular flexibility index (Phi) is 4.78. The minimum absolute atomic E-state index is 0.0441. The minimum atomic E-state index is -1.45. The Balaban J connectivity index is 1.73. The maximum atomic E-state index is 14.4. The van der Waals surface area contributed by atoms with Crippen molar-refractivity contribution in [3.8, 4) is 11.1 Å². The van der Waals surface area contributed by atoms with Gasteiger partial charge in [-0.05, 0) is 24.6 Å². The predicted octanol–water partition coefficient (Wildman–Crippen LogP) is 5.23. The summed E-state index contributed by atoms with van der Waals surface area (Å²) in [5.74, 6) is -5.81. The summed E-state index contributed by atoms with van der Waals surface area (Å²) < 4.78 is 47.3. The topological polar surface area (TPSA) is 92.4 Å². The molecule has 0 radical (unpaired) electrons. The number of para-hydroxylation sites is 1. The first-order valence-corrected chi connectivity index (χ1v) is 9.32. The lowest BCUT2D eigenvalue weighted by Crippen LogP contribution is -2.14. The molecule has 4 rings (SSSR count). The number of carboxylic acids is 1. The van der Waals surface area contributed by atoms with Crippen LogP contribution in [-0.2, 0) is 0 Å². The summed E-state index contributed by atoms with van der Waals surface area (Å²) in [7, 11) is 0. The van der Waals surface area contributed by atoms with Crippen LogP contribution in [0.4, 0.5) is 18.2 Å². The molecule has 0 aliphatic heterocycles. The summed E-state index contributed by atoms with van der Waals surface area (Å²) in [6.07, 6.45) is 0. The maximum absolute atomic E-state index is 14.4. The first-order valence-electron chi connectivity index (χ1n) is 8.44. The van der Waals surface area contributed by atoms with Gasteiger partial charge in [0.2, 0.25) is 0 Å². The molecule has 4 aromatic rings. The summed E-state index contributed by atoms with van der Waals surface area (Å²) in [5, 5.41) is 13.1. The molecular formula is C20H11F3N2O4S. The molecule has 1 amide bonds. The molecule has 0 aliphatic rings. The lowest BCUT2D eigenvalue weighted by atomic mass is 10.0. The first-order chi connectivity index (χ1) is 14.3. The number of anilines is 1. The fourth-order valence-corrected chi connectivity index (χ4v) is 3.83. The van der Waals surface area contributed by atoms with Gasteiger partial charge in [0, 0.05) is 16.5 Å². The number of aryl methyl sites for hydroxylation is 1. The van der Waals surface area contributed by atoms with Crippen molar-refractivity contribution in [2.45, 2.75) is 6.92 Å². The molecule has 30 heavy (non-hydrogen) atoms. The highest BCUT2D eigenvalue weighted by Crippen LogP contribution is 2.38. The molecule has 2 N–H and O–H groups in total. The molecule has 0 unspecified atom stereocenters. The number of carbonyl (C=O) groups excluding carboxylic acids is 1. The van der Waals surface area contributed by atoms with Gasteiger partial charge in [0.05, 0.1) is 0 Å². The van der Waals surface area contributed by atoms with E-state index in [0.717, 1.165) is 17.4 Å². The number of aromatic carboxylic acids is 1. The summed E-state index contributed by atoms with van der Waals surface area (Å²) >= 11 is 0.806.